The van der Waals surface area contributed by atoms with Crippen LogP contribution in [0.25, 0.3) is 22.4 Å². The van der Waals surface area contributed by atoms with Gasteiger partial charge in [-0.1, -0.05) is 6.07 Å². The standard InChI is InChI=1S/C22H22FN5O2S/c1-14(29)28-9-3-4-16(13-28)31(30)22-17(5-2-8-25-22)15-6-7-18(19(23)10-15)20-11-27-21(24)12-26-20/h2,5-8,10-12,16H,3-4,9,13H2,1H3,(H2,24,27). The molecule has 1 aliphatic rings. The van der Waals surface area contributed by atoms with Gasteiger partial charge in [0.1, 0.15) is 16.9 Å². The van der Waals surface area contributed by atoms with Gasteiger partial charge in [0, 0.05) is 36.4 Å². The summed E-state index contributed by atoms with van der Waals surface area (Å²) < 4.78 is 28.3. The number of carbonyl (C=O) groups excluding carboxylic acids is 1. The Morgan fingerprint density at radius 3 is 2.77 bits per heavy atom. The Kier molecular flexibility index (Phi) is 6.15. The summed E-state index contributed by atoms with van der Waals surface area (Å²) in [7, 11) is 0. The van der Waals surface area contributed by atoms with Crippen LogP contribution in [0.3, 0.4) is 0 Å². The number of nitrogen functional groups attached to an aromatic ring is 1. The van der Waals surface area contributed by atoms with Crippen LogP contribution in [0.15, 0.2) is 53.9 Å². The average Bonchev–Trinajstić information content (AvgIpc) is 2.79. The number of rotatable bonds is 4. The third-order valence-corrected chi connectivity index (χ3v) is 7.01. The number of aromatic nitrogens is 3. The molecular weight excluding hydrogens is 417 g/mol. The Morgan fingerprint density at radius 1 is 1.23 bits per heavy atom. The van der Waals surface area contributed by atoms with Crippen LogP contribution in [0.2, 0.25) is 0 Å². The molecule has 2 unspecified atom stereocenters. The first kappa shape index (κ1) is 21.2. The van der Waals surface area contributed by atoms with E-state index in [1.54, 1.807) is 35.4 Å². The van der Waals surface area contributed by atoms with Gasteiger partial charge in [0.05, 0.1) is 30.2 Å². The van der Waals surface area contributed by atoms with Crippen molar-refractivity contribution in [3.63, 3.8) is 0 Å². The van der Waals surface area contributed by atoms with Gasteiger partial charge in [-0.05, 0) is 42.7 Å². The first-order valence-corrected chi connectivity index (χ1v) is 11.1. The van der Waals surface area contributed by atoms with Crippen LogP contribution in [-0.2, 0) is 16.0 Å². The van der Waals surface area contributed by atoms with Gasteiger partial charge in [0.25, 0.3) is 5.03 Å². The molecule has 3 heterocycles. The number of pyridine rings is 1. The number of carbonyl (C=O) groups is 1. The van der Waals surface area contributed by atoms with Crippen molar-refractivity contribution in [3.8, 4) is 22.4 Å². The average molecular weight is 440 g/mol. The molecule has 2 aromatic heterocycles. The zero-order valence-corrected chi connectivity index (χ0v) is 17.8. The van der Waals surface area contributed by atoms with E-state index in [0.29, 0.717) is 40.5 Å². The second kappa shape index (κ2) is 8.99. The zero-order valence-electron chi connectivity index (χ0n) is 17.0. The topological polar surface area (TPSA) is 108 Å². The van der Waals surface area contributed by atoms with Crippen LogP contribution in [-0.4, -0.2) is 48.7 Å². The summed E-state index contributed by atoms with van der Waals surface area (Å²) in [4.78, 5) is 25.9. The van der Waals surface area contributed by atoms with Crippen molar-refractivity contribution in [1.29, 1.82) is 0 Å². The predicted octanol–water partition coefficient (Wildman–Crippen LogP) is 3.05. The lowest BCUT2D eigenvalue weighted by Gasteiger charge is -2.32. The molecule has 1 aliphatic heterocycles. The largest absolute Gasteiger partial charge is 0.610 e. The number of hydrogen-bond acceptors (Lipinski definition) is 6. The van der Waals surface area contributed by atoms with Crippen molar-refractivity contribution in [3.05, 3.63) is 54.7 Å². The Labute approximate surface area is 182 Å². The van der Waals surface area contributed by atoms with Gasteiger partial charge in [0.2, 0.25) is 5.91 Å². The molecule has 0 saturated carbocycles. The molecule has 0 spiro atoms. The monoisotopic (exact) mass is 439 g/mol. The van der Waals surface area contributed by atoms with E-state index in [4.69, 9.17) is 5.73 Å². The van der Waals surface area contributed by atoms with Gasteiger partial charge in [-0.2, -0.15) is 0 Å². The van der Waals surface area contributed by atoms with E-state index < -0.39 is 17.0 Å². The molecule has 1 amide bonds. The molecule has 31 heavy (non-hydrogen) atoms. The summed E-state index contributed by atoms with van der Waals surface area (Å²) in [6.45, 7) is 2.63. The molecule has 0 aliphatic carbocycles. The minimum atomic E-state index is -1.43. The second-order valence-electron chi connectivity index (χ2n) is 7.40. The summed E-state index contributed by atoms with van der Waals surface area (Å²) >= 11 is -1.43. The number of anilines is 1. The van der Waals surface area contributed by atoms with E-state index >= 15 is 0 Å². The van der Waals surface area contributed by atoms with E-state index in [0.717, 1.165) is 12.8 Å². The first-order chi connectivity index (χ1) is 14.9. The molecule has 9 heteroatoms. The molecule has 2 atom stereocenters. The van der Waals surface area contributed by atoms with Crippen molar-refractivity contribution in [2.45, 2.75) is 30.0 Å². The molecular formula is C22H22FN5O2S. The van der Waals surface area contributed by atoms with E-state index in [2.05, 4.69) is 15.0 Å². The Balaban J connectivity index is 1.64. The number of nitrogens with two attached hydrogens (primary N) is 1. The number of likely N-dealkylation sites (tertiary alicyclic amines) is 1. The molecule has 1 aromatic carbocycles. The highest BCUT2D eigenvalue weighted by atomic mass is 32.2. The van der Waals surface area contributed by atoms with Crippen molar-refractivity contribution in [1.82, 2.24) is 19.9 Å². The van der Waals surface area contributed by atoms with E-state index in [-0.39, 0.29) is 17.0 Å². The fourth-order valence-corrected chi connectivity index (χ4v) is 5.27. The van der Waals surface area contributed by atoms with Crippen LogP contribution in [0, 0.1) is 5.82 Å². The minimum absolute atomic E-state index is 0.0219. The minimum Gasteiger partial charge on any atom is -0.610 e. The molecule has 3 aromatic rings. The Hall–Kier alpha value is -3.04. The van der Waals surface area contributed by atoms with Crippen molar-refractivity contribution in [2.75, 3.05) is 18.8 Å². The maximum Gasteiger partial charge on any atom is 0.252 e. The van der Waals surface area contributed by atoms with Crippen LogP contribution >= 0.6 is 0 Å². The first-order valence-electron chi connectivity index (χ1n) is 9.93. The lowest BCUT2D eigenvalue weighted by molar-refractivity contribution is -0.129. The number of benzene rings is 1. The number of hydrogen-bond donors (Lipinski definition) is 1. The zero-order chi connectivity index (χ0) is 22.0. The number of amides is 1. The number of nitrogens with zero attached hydrogens (tertiary/aromatic N) is 4. The lowest BCUT2D eigenvalue weighted by Crippen LogP contribution is -2.44. The second-order valence-corrected chi connectivity index (χ2v) is 9.05. The number of piperidine rings is 1. The highest BCUT2D eigenvalue weighted by Gasteiger charge is 2.34. The van der Waals surface area contributed by atoms with Gasteiger partial charge in [-0.15, -0.1) is 0 Å². The third kappa shape index (κ3) is 4.52. The molecule has 0 radical (unpaired) electrons. The number of halogens is 1. The fraction of sp³-hybridized carbons (Fsp3) is 0.273. The van der Waals surface area contributed by atoms with Gasteiger partial charge in [-0.3, -0.25) is 9.78 Å². The lowest BCUT2D eigenvalue weighted by atomic mass is 10.0. The van der Waals surface area contributed by atoms with Crippen LogP contribution in [0.5, 0.6) is 0 Å². The maximum atomic E-state index is 14.9. The van der Waals surface area contributed by atoms with Gasteiger partial charge in [-0.25, -0.2) is 14.4 Å². The molecule has 4 rings (SSSR count). The predicted molar refractivity (Wildman–Crippen MR) is 117 cm³/mol. The van der Waals surface area contributed by atoms with E-state index in [1.807, 2.05) is 0 Å². The molecule has 7 nitrogen and oxygen atoms in total. The smallest absolute Gasteiger partial charge is 0.252 e. The van der Waals surface area contributed by atoms with Crippen LogP contribution in [0.1, 0.15) is 19.8 Å². The van der Waals surface area contributed by atoms with Gasteiger partial charge in [0.15, 0.2) is 0 Å². The van der Waals surface area contributed by atoms with Crippen molar-refractivity contribution >= 4 is 22.9 Å². The van der Waals surface area contributed by atoms with E-state index in [9.17, 15) is 13.7 Å². The van der Waals surface area contributed by atoms with Gasteiger partial charge < -0.3 is 15.2 Å². The molecule has 160 valence electrons. The Morgan fingerprint density at radius 2 is 2.06 bits per heavy atom. The summed E-state index contributed by atoms with van der Waals surface area (Å²) in [5, 5.41) is 0.192. The molecule has 0 bridgehead atoms. The Bertz CT molecular complexity index is 1100. The van der Waals surface area contributed by atoms with Crippen LogP contribution < -0.4 is 5.73 Å². The fourth-order valence-electron chi connectivity index (χ4n) is 3.70. The third-order valence-electron chi connectivity index (χ3n) is 5.32. The molecule has 2 N–H and O–H groups in total. The summed E-state index contributed by atoms with van der Waals surface area (Å²) in [6.07, 6.45) is 5.91. The van der Waals surface area contributed by atoms with Gasteiger partial charge >= 0.3 is 0 Å². The normalized spacial score (nSPS) is 17.4. The highest BCUT2D eigenvalue weighted by Crippen LogP contribution is 2.33. The maximum absolute atomic E-state index is 14.9. The summed E-state index contributed by atoms with van der Waals surface area (Å²) in [6, 6.07) is 8.26. The van der Waals surface area contributed by atoms with E-state index in [1.165, 1.54) is 25.4 Å². The summed E-state index contributed by atoms with van der Waals surface area (Å²) in [5.41, 5.74) is 7.40. The highest BCUT2D eigenvalue weighted by molar-refractivity contribution is 7.92. The molecule has 1 fully saturated rings. The van der Waals surface area contributed by atoms with Crippen molar-refractivity contribution in [2.24, 2.45) is 0 Å². The summed E-state index contributed by atoms with van der Waals surface area (Å²) in [5.74, 6) is -0.238. The SMILES string of the molecule is CC(=O)N1CCCC([S+]([O-])c2ncccc2-c2ccc(-c3cnc(N)cn3)c(F)c2)C1. The van der Waals surface area contributed by atoms with Crippen LogP contribution in [0.4, 0.5) is 10.2 Å². The molecule has 1 saturated heterocycles. The van der Waals surface area contributed by atoms with Crippen molar-refractivity contribution < 1.29 is 13.7 Å². The quantitative estimate of drug-likeness (QED) is 0.626.